The quantitative estimate of drug-likeness (QED) is 0.738. The van der Waals surface area contributed by atoms with Crippen LogP contribution in [-0.2, 0) is 11.2 Å². The molecule has 0 atom stereocenters. The summed E-state index contributed by atoms with van der Waals surface area (Å²) < 4.78 is 0. The van der Waals surface area contributed by atoms with E-state index >= 15 is 0 Å². The molecular formula is C16H24N2O2. The minimum Gasteiger partial charge on any atom is -0.355 e. The third-order valence-electron chi connectivity index (χ3n) is 3.24. The molecule has 0 unspecified atom stereocenters. The second-order valence-corrected chi connectivity index (χ2v) is 4.73. The molecule has 0 spiro atoms. The zero-order chi connectivity index (χ0) is 15.0. The van der Waals surface area contributed by atoms with E-state index in [9.17, 15) is 9.59 Å². The highest BCUT2D eigenvalue weighted by Crippen LogP contribution is 2.06. The van der Waals surface area contributed by atoms with Crippen molar-refractivity contribution in [2.45, 2.75) is 27.2 Å². The van der Waals surface area contributed by atoms with Crippen LogP contribution in [0.25, 0.3) is 0 Å². The zero-order valence-electron chi connectivity index (χ0n) is 12.6. The Morgan fingerprint density at radius 2 is 1.70 bits per heavy atom. The minimum absolute atomic E-state index is 0.0384. The van der Waals surface area contributed by atoms with Gasteiger partial charge in [0, 0.05) is 12.1 Å². The van der Waals surface area contributed by atoms with Gasteiger partial charge in [0.05, 0.1) is 13.1 Å². The number of ketones is 1. The first-order valence-corrected chi connectivity index (χ1v) is 7.21. The molecule has 20 heavy (non-hydrogen) atoms. The fourth-order valence-corrected chi connectivity index (χ4v) is 1.96. The summed E-state index contributed by atoms with van der Waals surface area (Å²) in [6.45, 7) is 7.75. The maximum absolute atomic E-state index is 12.2. The molecule has 1 aromatic rings. The van der Waals surface area contributed by atoms with Gasteiger partial charge in [-0.05, 0) is 25.5 Å². The molecule has 4 heteroatoms. The largest absolute Gasteiger partial charge is 0.355 e. The number of rotatable bonds is 8. The van der Waals surface area contributed by atoms with Crippen LogP contribution in [0.2, 0.25) is 0 Å². The summed E-state index contributed by atoms with van der Waals surface area (Å²) in [4.78, 5) is 25.6. The molecule has 110 valence electrons. The van der Waals surface area contributed by atoms with Crippen LogP contribution in [0.15, 0.2) is 24.3 Å². The van der Waals surface area contributed by atoms with Crippen LogP contribution in [0.5, 0.6) is 0 Å². The molecule has 0 saturated carbocycles. The van der Waals surface area contributed by atoms with Crippen molar-refractivity contribution in [1.29, 1.82) is 0 Å². The standard InChI is InChI=1S/C16H24N2O2/c1-4-13-7-9-14(10-8-13)15(19)11-18(6-3)12-16(20)17-5-2/h7-10H,4-6,11-12H2,1-3H3,(H,17,20). The van der Waals surface area contributed by atoms with Crippen molar-refractivity contribution in [1.82, 2.24) is 10.2 Å². The lowest BCUT2D eigenvalue weighted by Gasteiger charge is -2.18. The maximum Gasteiger partial charge on any atom is 0.234 e. The molecular weight excluding hydrogens is 252 g/mol. The van der Waals surface area contributed by atoms with Crippen molar-refractivity contribution in [3.05, 3.63) is 35.4 Å². The third kappa shape index (κ3) is 5.13. The second kappa shape index (κ2) is 8.48. The first-order chi connectivity index (χ1) is 9.60. The molecule has 1 N–H and O–H groups in total. The number of amides is 1. The average molecular weight is 276 g/mol. The van der Waals surface area contributed by atoms with Gasteiger partial charge in [-0.15, -0.1) is 0 Å². The first-order valence-electron chi connectivity index (χ1n) is 7.21. The number of nitrogens with zero attached hydrogens (tertiary/aromatic N) is 1. The zero-order valence-corrected chi connectivity index (χ0v) is 12.6. The minimum atomic E-state index is -0.0384. The van der Waals surface area contributed by atoms with Gasteiger partial charge in [0.2, 0.25) is 5.91 Å². The summed E-state index contributed by atoms with van der Waals surface area (Å²) in [7, 11) is 0. The summed E-state index contributed by atoms with van der Waals surface area (Å²) in [5.74, 6) is 0.0160. The Bertz CT molecular complexity index is 440. The highest BCUT2D eigenvalue weighted by Gasteiger charge is 2.13. The lowest BCUT2D eigenvalue weighted by Crippen LogP contribution is -2.39. The molecule has 0 aliphatic rings. The van der Waals surface area contributed by atoms with Gasteiger partial charge in [-0.25, -0.2) is 0 Å². The Morgan fingerprint density at radius 3 is 2.20 bits per heavy atom. The molecule has 0 fully saturated rings. The summed E-state index contributed by atoms with van der Waals surface area (Å²) in [5.41, 5.74) is 1.92. The summed E-state index contributed by atoms with van der Waals surface area (Å²) in [6.07, 6.45) is 0.965. The lowest BCUT2D eigenvalue weighted by atomic mass is 10.1. The molecule has 1 rings (SSSR count). The summed E-state index contributed by atoms with van der Waals surface area (Å²) in [6, 6.07) is 7.68. The highest BCUT2D eigenvalue weighted by molar-refractivity contribution is 5.97. The van der Waals surface area contributed by atoms with E-state index in [1.54, 1.807) is 0 Å². The van der Waals surface area contributed by atoms with E-state index in [0.29, 0.717) is 18.7 Å². The van der Waals surface area contributed by atoms with Crippen molar-refractivity contribution < 1.29 is 9.59 Å². The van der Waals surface area contributed by atoms with Crippen LogP contribution in [0.1, 0.15) is 36.7 Å². The molecule has 0 aliphatic heterocycles. The molecule has 1 aromatic carbocycles. The van der Waals surface area contributed by atoms with Gasteiger partial charge in [-0.2, -0.15) is 0 Å². The van der Waals surface area contributed by atoms with E-state index in [-0.39, 0.29) is 24.8 Å². The Morgan fingerprint density at radius 1 is 1.05 bits per heavy atom. The maximum atomic E-state index is 12.2. The van der Waals surface area contributed by atoms with Crippen LogP contribution in [0.3, 0.4) is 0 Å². The third-order valence-corrected chi connectivity index (χ3v) is 3.24. The van der Waals surface area contributed by atoms with Crippen molar-refractivity contribution in [3.8, 4) is 0 Å². The van der Waals surface area contributed by atoms with Crippen LogP contribution in [0.4, 0.5) is 0 Å². The van der Waals surface area contributed by atoms with Gasteiger partial charge in [0.25, 0.3) is 0 Å². The Hall–Kier alpha value is -1.68. The molecule has 0 bridgehead atoms. The SMILES string of the molecule is CCNC(=O)CN(CC)CC(=O)c1ccc(CC)cc1. The Labute approximate surface area is 121 Å². The van der Waals surface area contributed by atoms with E-state index in [2.05, 4.69) is 12.2 Å². The van der Waals surface area contributed by atoms with Crippen LogP contribution in [-0.4, -0.2) is 42.8 Å². The molecule has 0 heterocycles. The predicted molar refractivity (Wildman–Crippen MR) is 80.9 cm³/mol. The number of likely N-dealkylation sites (N-methyl/N-ethyl adjacent to an activating group) is 2. The fraction of sp³-hybridized carbons (Fsp3) is 0.500. The number of Topliss-reactive ketones (excluding diaryl/α,β-unsaturated/α-hetero) is 1. The monoisotopic (exact) mass is 276 g/mol. The smallest absolute Gasteiger partial charge is 0.234 e. The molecule has 0 aliphatic carbocycles. The van der Waals surface area contributed by atoms with Gasteiger partial charge in [-0.3, -0.25) is 14.5 Å². The molecule has 1 amide bonds. The van der Waals surface area contributed by atoms with E-state index in [1.807, 2.05) is 43.0 Å². The number of hydrogen-bond donors (Lipinski definition) is 1. The fourth-order valence-electron chi connectivity index (χ4n) is 1.96. The number of carbonyl (C=O) groups excluding carboxylic acids is 2. The Balaban J connectivity index is 2.59. The van der Waals surface area contributed by atoms with Crippen molar-refractivity contribution in [3.63, 3.8) is 0 Å². The topological polar surface area (TPSA) is 49.4 Å². The average Bonchev–Trinajstić information content (AvgIpc) is 2.46. The van der Waals surface area contributed by atoms with Crippen LogP contribution >= 0.6 is 0 Å². The van der Waals surface area contributed by atoms with Crippen LogP contribution in [0, 0.1) is 0 Å². The van der Waals surface area contributed by atoms with Crippen molar-refractivity contribution in [2.75, 3.05) is 26.2 Å². The predicted octanol–water partition coefficient (Wildman–Crippen LogP) is 1.89. The number of nitrogens with one attached hydrogen (secondary N) is 1. The lowest BCUT2D eigenvalue weighted by molar-refractivity contribution is -0.121. The Kier molecular flexibility index (Phi) is 6.94. The van der Waals surface area contributed by atoms with E-state index in [4.69, 9.17) is 0 Å². The second-order valence-electron chi connectivity index (χ2n) is 4.73. The molecule has 4 nitrogen and oxygen atoms in total. The molecule has 0 saturated heterocycles. The van der Waals surface area contributed by atoms with E-state index < -0.39 is 0 Å². The molecule has 0 aromatic heterocycles. The number of hydrogen-bond acceptors (Lipinski definition) is 3. The van der Waals surface area contributed by atoms with Gasteiger partial charge >= 0.3 is 0 Å². The highest BCUT2D eigenvalue weighted by atomic mass is 16.2. The van der Waals surface area contributed by atoms with E-state index in [1.165, 1.54) is 5.56 Å². The summed E-state index contributed by atoms with van der Waals surface area (Å²) in [5, 5.41) is 2.75. The van der Waals surface area contributed by atoms with Crippen molar-refractivity contribution >= 4 is 11.7 Å². The first kappa shape index (κ1) is 16.4. The van der Waals surface area contributed by atoms with Gasteiger partial charge in [-0.1, -0.05) is 38.1 Å². The van der Waals surface area contributed by atoms with Gasteiger partial charge in [0.15, 0.2) is 5.78 Å². The normalized spacial score (nSPS) is 10.6. The number of carbonyl (C=O) groups is 2. The summed E-state index contributed by atoms with van der Waals surface area (Å²) >= 11 is 0. The van der Waals surface area contributed by atoms with Crippen molar-refractivity contribution in [2.24, 2.45) is 0 Å². The van der Waals surface area contributed by atoms with E-state index in [0.717, 1.165) is 6.42 Å². The number of aryl methyl sites for hydroxylation is 1. The molecule has 0 radical (unpaired) electrons. The number of benzene rings is 1. The van der Waals surface area contributed by atoms with Gasteiger partial charge < -0.3 is 5.32 Å². The van der Waals surface area contributed by atoms with Crippen LogP contribution < -0.4 is 5.32 Å². The van der Waals surface area contributed by atoms with Gasteiger partial charge in [0.1, 0.15) is 0 Å².